The topological polar surface area (TPSA) is 58.2 Å². The van der Waals surface area contributed by atoms with Gasteiger partial charge in [0.25, 0.3) is 5.56 Å². The number of aromatic nitrogens is 2. The van der Waals surface area contributed by atoms with Gasteiger partial charge in [-0.15, -0.1) is 0 Å². The second-order valence-corrected chi connectivity index (χ2v) is 6.29. The van der Waals surface area contributed by atoms with Crippen LogP contribution in [0.5, 0.6) is 5.75 Å². The lowest BCUT2D eigenvalue weighted by Crippen LogP contribution is -2.35. The van der Waals surface area contributed by atoms with Gasteiger partial charge in [-0.05, 0) is 49.9 Å². The van der Waals surface area contributed by atoms with Gasteiger partial charge in [-0.3, -0.25) is 9.69 Å². The zero-order valence-electron chi connectivity index (χ0n) is 14.2. The molecular formula is C18H23N3O2. The molecule has 1 aromatic carbocycles. The van der Waals surface area contributed by atoms with E-state index in [2.05, 4.69) is 40.8 Å². The molecule has 0 fully saturated rings. The molecule has 122 valence electrons. The summed E-state index contributed by atoms with van der Waals surface area (Å²) in [5.74, 6) is 1.62. The number of ether oxygens (including phenoxy) is 1. The number of methoxy groups -OCH3 is 1. The maximum Gasteiger partial charge on any atom is 0.254 e. The molecule has 1 aliphatic heterocycles. The molecule has 0 amide bonds. The van der Waals surface area contributed by atoms with Crippen LogP contribution in [0.4, 0.5) is 0 Å². The highest BCUT2D eigenvalue weighted by atomic mass is 16.5. The van der Waals surface area contributed by atoms with Crippen molar-refractivity contribution in [2.45, 2.75) is 40.3 Å². The van der Waals surface area contributed by atoms with Crippen LogP contribution in [0.2, 0.25) is 0 Å². The number of aryl methyl sites for hydroxylation is 3. The molecule has 0 unspecified atom stereocenters. The van der Waals surface area contributed by atoms with E-state index in [0.29, 0.717) is 5.82 Å². The minimum Gasteiger partial charge on any atom is -0.496 e. The zero-order valence-corrected chi connectivity index (χ0v) is 14.2. The molecule has 1 aromatic heterocycles. The van der Waals surface area contributed by atoms with Crippen LogP contribution >= 0.6 is 0 Å². The van der Waals surface area contributed by atoms with Crippen molar-refractivity contribution in [3.63, 3.8) is 0 Å². The molecule has 5 heteroatoms. The van der Waals surface area contributed by atoms with Gasteiger partial charge in [-0.1, -0.05) is 6.07 Å². The fourth-order valence-electron chi connectivity index (χ4n) is 3.23. The van der Waals surface area contributed by atoms with Crippen LogP contribution in [0.25, 0.3) is 0 Å². The first kappa shape index (κ1) is 15.7. The van der Waals surface area contributed by atoms with E-state index in [0.717, 1.165) is 48.6 Å². The summed E-state index contributed by atoms with van der Waals surface area (Å²) in [5.41, 5.74) is 5.45. The van der Waals surface area contributed by atoms with E-state index in [-0.39, 0.29) is 5.56 Å². The molecule has 0 aliphatic carbocycles. The quantitative estimate of drug-likeness (QED) is 0.944. The molecule has 1 N–H and O–H groups in total. The Morgan fingerprint density at radius 2 is 2.04 bits per heavy atom. The molecule has 0 atom stereocenters. The van der Waals surface area contributed by atoms with E-state index in [1.807, 2.05) is 6.92 Å². The molecule has 23 heavy (non-hydrogen) atoms. The Kier molecular flexibility index (Phi) is 4.22. The van der Waals surface area contributed by atoms with Crippen molar-refractivity contribution in [3.8, 4) is 5.75 Å². The van der Waals surface area contributed by atoms with Crippen molar-refractivity contribution in [2.24, 2.45) is 0 Å². The summed E-state index contributed by atoms with van der Waals surface area (Å²) in [4.78, 5) is 21.7. The summed E-state index contributed by atoms with van der Waals surface area (Å²) in [6.45, 7) is 8.48. The maximum atomic E-state index is 12.0. The highest BCUT2D eigenvalue weighted by molar-refractivity contribution is 5.41. The van der Waals surface area contributed by atoms with Crippen molar-refractivity contribution >= 4 is 0 Å². The highest BCUT2D eigenvalue weighted by Gasteiger charge is 2.21. The van der Waals surface area contributed by atoms with Crippen LogP contribution < -0.4 is 10.3 Å². The van der Waals surface area contributed by atoms with E-state index in [1.54, 1.807) is 7.11 Å². The fourth-order valence-corrected chi connectivity index (χ4v) is 3.23. The van der Waals surface area contributed by atoms with E-state index in [9.17, 15) is 4.79 Å². The summed E-state index contributed by atoms with van der Waals surface area (Å²) in [6.07, 6.45) is 0.756. The molecule has 2 aromatic rings. The van der Waals surface area contributed by atoms with Crippen LogP contribution in [0, 0.1) is 20.8 Å². The Labute approximate surface area is 136 Å². The van der Waals surface area contributed by atoms with Crippen LogP contribution in [0.15, 0.2) is 16.9 Å². The molecule has 0 saturated carbocycles. The molecule has 0 radical (unpaired) electrons. The molecule has 0 bridgehead atoms. The third kappa shape index (κ3) is 3.15. The van der Waals surface area contributed by atoms with Gasteiger partial charge in [0.2, 0.25) is 0 Å². The average Bonchev–Trinajstić information content (AvgIpc) is 2.50. The fraction of sp³-hybridized carbons (Fsp3) is 0.444. The Morgan fingerprint density at radius 3 is 2.78 bits per heavy atom. The number of nitrogens with one attached hydrogen (secondary N) is 1. The van der Waals surface area contributed by atoms with E-state index in [1.165, 1.54) is 11.1 Å². The van der Waals surface area contributed by atoms with E-state index in [4.69, 9.17) is 4.74 Å². The standard InChI is InChI=1S/C18H23N3O2/c1-11-8-17(23-4)12(2)7-14(11)9-21-6-5-15-16(10-21)19-13(3)20-18(15)22/h7-8H,5-6,9-10H2,1-4H3,(H,19,20,22). The molecule has 0 spiro atoms. The normalized spacial score (nSPS) is 14.6. The Bertz CT molecular complexity index is 796. The lowest BCUT2D eigenvalue weighted by atomic mass is 10.0. The molecular weight excluding hydrogens is 290 g/mol. The van der Waals surface area contributed by atoms with Gasteiger partial charge in [0.15, 0.2) is 0 Å². The van der Waals surface area contributed by atoms with Crippen molar-refractivity contribution in [3.05, 3.63) is 56.3 Å². The molecule has 1 aliphatic rings. The first-order valence-electron chi connectivity index (χ1n) is 7.93. The van der Waals surface area contributed by atoms with Crippen molar-refractivity contribution < 1.29 is 4.74 Å². The van der Waals surface area contributed by atoms with Gasteiger partial charge >= 0.3 is 0 Å². The van der Waals surface area contributed by atoms with Gasteiger partial charge in [-0.2, -0.15) is 0 Å². The molecule has 0 saturated heterocycles. The number of fused-ring (bicyclic) bond motifs is 1. The Hall–Kier alpha value is -2.14. The summed E-state index contributed by atoms with van der Waals surface area (Å²) >= 11 is 0. The molecule has 2 heterocycles. The monoisotopic (exact) mass is 313 g/mol. The number of H-pyrrole nitrogens is 1. The summed E-state index contributed by atoms with van der Waals surface area (Å²) in [7, 11) is 1.70. The average molecular weight is 313 g/mol. The number of nitrogens with zero attached hydrogens (tertiary/aromatic N) is 2. The first-order chi connectivity index (χ1) is 11.0. The SMILES string of the molecule is COc1cc(C)c(CN2CCc3c(nc(C)[nH]c3=O)C2)cc1C. The lowest BCUT2D eigenvalue weighted by molar-refractivity contribution is 0.239. The van der Waals surface area contributed by atoms with Crippen LogP contribution in [0.3, 0.4) is 0 Å². The van der Waals surface area contributed by atoms with Crippen molar-refractivity contribution in [2.75, 3.05) is 13.7 Å². The van der Waals surface area contributed by atoms with Gasteiger partial charge in [0.05, 0.1) is 12.8 Å². The molecule has 5 nitrogen and oxygen atoms in total. The second kappa shape index (κ2) is 6.16. The minimum absolute atomic E-state index is 0.0172. The van der Waals surface area contributed by atoms with Gasteiger partial charge in [0, 0.05) is 25.2 Å². The third-order valence-corrected chi connectivity index (χ3v) is 4.52. The maximum absolute atomic E-state index is 12.0. The summed E-state index contributed by atoms with van der Waals surface area (Å²) in [5, 5.41) is 0. The second-order valence-electron chi connectivity index (χ2n) is 6.29. The van der Waals surface area contributed by atoms with Crippen LogP contribution in [0.1, 0.15) is 33.8 Å². The smallest absolute Gasteiger partial charge is 0.254 e. The largest absolute Gasteiger partial charge is 0.496 e. The predicted octanol–water partition coefficient (Wildman–Crippen LogP) is 2.26. The van der Waals surface area contributed by atoms with Gasteiger partial charge < -0.3 is 9.72 Å². The number of aromatic amines is 1. The van der Waals surface area contributed by atoms with Crippen molar-refractivity contribution in [1.82, 2.24) is 14.9 Å². The Balaban J connectivity index is 1.83. The third-order valence-electron chi connectivity index (χ3n) is 4.52. The van der Waals surface area contributed by atoms with Gasteiger partial charge in [0.1, 0.15) is 11.6 Å². The molecule has 3 rings (SSSR count). The van der Waals surface area contributed by atoms with Gasteiger partial charge in [-0.25, -0.2) is 4.98 Å². The lowest BCUT2D eigenvalue weighted by Gasteiger charge is -2.28. The highest BCUT2D eigenvalue weighted by Crippen LogP contribution is 2.25. The number of hydrogen-bond donors (Lipinski definition) is 1. The van der Waals surface area contributed by atoms with Crippen molar-refractivity contribution in [1.29, 1.82) is 0 Å². The summed E-state index contributed by atoms with van der Waals surface area (Å²) in [6, 6.07) is 4.29. The van der Waals surface area contributed by atoms with Crippen LogP contribution in [-0.2, 0) is 19.5 Å². The zero-order chi connectivity index (χ0) is 16.6. The summed E-state index contributed by atoms with van der Waals surface area (Å²) < 4.78 is 5.38. The van der Waals surface area contributed by atoms with E-state index >= 15 is 0 Å². The number of hydrogen-bond acceptors (Lipinski definition) is 4. The predicted molar refractivity (Wildman–Crippen MR) is 89.9 cm³/mol. The first-order valence-corrected chi connectivity index (χ1v) is 7.93. The van der Waals surface area contributed by atoms with E-state index < -0.39 is 0 Å². The number of benzene rings is 1. The number of rotatable bonds is 3. The van der Waals surface area contributed by atoms with Crippen LogP contribution in [-0.4, -0.2) is 28.5 Å². The minimum atomic E-state index is 0.0172. The Morgan fingerprint density at radius 1 is 1.26 bits per heavy atom.